The van der Waals surface area contributed by atoms with Gasteiger partial charge in [0.25, 0.3) is 0 Å². The predicted octanol–water partition coefficient (Wildman–Crippen LogP) is 1.27. The van der Waals surface area contributed by atoms with Crippen LogP contribution in [0, 0.1) is 0 Å². The van der Waals surface area contributed by atoms with E-state index in [2.05, 4.69) is 11.5 Å². The summed E-state index contributed by atoms with van der Waals surface area (Å²) in [6.45, 7) is 2.03. The minimum absolute atomic E-state index is 0.282. The molecule has 0 aliphatic heterocycles. The molecule has 1 aromatic rings. The second-order valence-electron chi connectivity index (χ2n) is 1.90. The summed E-state index contributed by atoms with van der Waals surface area (Å²) in [4.78, 5) is 1.28. The third kappa shape index (κ3) is 1.51. The van der Waals surface area contributed by atoms with Crippen LogP contribution in [-0.4, -0.2) is 0 Å². The maximum absolute atomic E-state index is 5.22. The smallest absolute Gasteiger partial charge is 0.0525 e. The number of hydrazine groups is 1. The number of nitrogens with one attached hydrogen (secondary N) is 1. The van der Waals surface area contributed by atoms with Gasteiger partial charge in [0, 0.05) is 4.88 Å². The Labute approximate surface area is 58.7 Å². The Morgan fingerprint density at radius 1 is 1.78 bits per heavy atom. The Morgan fingerprint density at radius 2 is 2.56 bits per heavy atom. The van der Waals surface area contributed by atoms with Crippen molar-refractivity contribution in [3.05, 3.63) is 22.4 Å². The van der Waals surface area contributed by atoms with Crippen molar-refractivity contribution in [2.24, 2.45) is 5.84 Å². The van der Waals surface area contributed by atoms with Gasteiger partial charge in [0.2, 0.25) is 0 Å². The van der Waals surface area contributed by atoms with Crippen molar-refractivity contribution in [3.8, 4) is 0 Å². The van der Waals surface area contributed by atoms with E-state index in [0.717, 1.165) is 0 Å². The topological polar surface area (TPSA) is 38.0 Å². The molecule has 50 valence electrons. The van der Waals surface area contributed by atoms with Crippen LogP contribution in [0.4, 0.5) is 0 Å². The fraction of sp³-hybridized carbons (Fsp3) is 0.333. The molecule has 3 N–H and O–H groups in total. The van der Waals surface area contributed by atoms with Gasteiger partial charge in [0.05, 0.1) is 6.04 Å². The van der Waals surface area contributed by atoms with Gasteiger partial charge < -0.3 is 0 Å². The van der Waals surface area contributed by atoms with Gasteiger partial charge in [0.1, 0.15) is 0 Å². The van der Waals surface area contributed by atoms with Crippen LogP contribution in [0.15, 0.2) is 17.5 Å². The van der Waals surface area contributed by atoms with E-state index in [0.29, 0.717) is 0 Å². The van der Waals surface area contributed by atoms with Crippen LogP contribution >= 0.6 is 11.3 Å². The lowest BCUT2D eigenvalue weighted by Crippen LogP contribution is -2.24. The molecule has 1 aromatic heterocycles. The highest BCUT2D eigenvalue weighted by molar-refractivity contribution is 7.10. The predicted molar refractivity (Wildman–Crippen MR) is 40.1 cm³/mol. The van der Waals surface area contributed by atoms with Gasteiger partial charge in [0.15, 0.2) is 0 Å². The summed E-state index contributed by atoms with van der Waals surface area (Å²) in [6.07, 6.45) is 0. The summed E-state index contributed by atoms with van der Waals surface area (Å²) in [5.41, 5.74) is 2.68. The first kappa shape index (κ1) is 6.74. The van der Waals surface area contributed by atoms with Crippen LogP contribution in [0.1, 0.15) is 17.8 Å². The Hall–Kier alpha value is -0.380. The molecular weight excluding hydrogens is 132 g/mol. The zero-order chi connectivity index (χ0) is 6.69. The highest BCUT2D eigenvalue weighted by Gasteiger charge is 2.00. The molecular formula is C6H10N2S. The van der Waals surface area contributed by atoms with Gasteiger partial charge in [-0.2, -0.15) is 0 Å². The molecule has 0 saturated heterocycles. The fourth-order valence-electron chi connectivity index (χ4n) is 0.620. The molecule has 0 saturated carbocycles. The molecule has 1 heterocycles. The third-order valence-corrected chi connectivity index (χ3v) is 2.27. The first-order chi connectivity index (χ1) is 4.34. The van der Waals surface area contributed by atoms with E-state index < -0.39 is 0 Å². The molecule has 3 heteroatoms. The van der Waals surface area contributed by atoms with E-state index in [1.807, 2.05) is 18.4 Å². The number of thiophene rings is 1. The lowest BCUT2D eigenvalue weighted by molar-refractivity contribution is 0.612. The van der Waals surface area contributed by atoms with Crippen molar-refractivity contribution in [1.29, 1.82) is 0 Å². The summed E-state index contributed by atoms with van der Waals surface area (Å²) in [5, 5.41) is 2.04. The molecule has 0 aliphatic rings. The second-order valence-corrected chi connectivity index (χ2v) is 2.88. The maximum atomic E-state index is 5.22. The number of rotatable bonds is 2. The Balaban J connectivity index is 2.65. The van der Waals surface area contributed by atoms with Gasteiger partial charge in [-0.25, -0.2) is 0 Å². The van der Waals surface area contributed by atoms with Crippen molar-refractivity contribution in [1.82, 2.24) is 5.43 Å². The monoisotopic (exact) mass is 142 g/mol. The molecule has 1 rings (SSSR count). The number of hydrogen-bond donors (Lipinski definition) is 2. The zero-order valence-corrected chi connectivity index (χ0v) is 6.11. The number of hydrogen-bond acceptors (Lipinski definition) is 3. The minimum Gasteiger partial charge on any atom is -0.271 e. The molecule has 0 fully saturated rings. The van der Waals surface area contributed by atoms with E-state index in [1.54, 1.807) is 11.3 Å². The van der Waals surface area contributed by atoms with Crippen LogP contribution in [0.25, 0.3) is 0 Å². The summed E-state index contributed by atoms with van der Waals surface area (Å²) < 4.78 is 0. The molecule has 0 aliphatic carbocycles. The molecule has 0 radical (unpaired) electrons. The van der Waals surface area contributed by atoms with E-state index >= 15 is 0 Å². The molecule has 0 spiro atoms. The SMILES string of the molecule is C[C@H](NN)c1cccs1. The van der Waals surface area contributed by atoms with Crippen LogP contribution < -0.4 is 11.3 Å². The molecule has 0 bridgehead atoms. The first-order valence-corrected chi connectivity index (χ1v) is 3.72. The van der Waals surface area contributed by atoms with E-state index in [-0.39, 0.29) is 6.04 Å². The van der Waals surface area contributed by atoms with Crippen molar-refractivity contribution in [2.75, 3.05) is 0 Å². The van der Waals surface area contributed by atoms with Gasteiger partial charge in [-0.1, -0.05) is 6.07 Å². The molecule has 2 nitrogen and oxygen atoms in total. The number of nitrogens with two attached hydrogens (primary N) is 1. The van der Waals surface area contributed by atoms with Gasteiger partial charge in [-0.3, -0.25) is 11.3 Å². The van der Waals surface area contributed by atoms with E-state index in [1.165, 1.54) is 4.88 Å². The molecule has 0 aromatic carbocycles. The lowest BCUT2D eigenvalue weighted by Gasteiger charge is -2.04. The normalized spacial score (nSPS) is 13.6. The highest BCUT2D eigenvalue weighted by Crippen LogP contribution is 2.16. The maximum Gasteiger partial charge on any atom is 0.0525 e. The quantitative estimate of drug-likeness (QED) is 0.482. The van der Waals surface area contributed by atoms with Crippen molar-refractivity contribution < 1.29 is 0 Å². The van der Waals surface area contributed by atoms with Gasteiger partial charge in [-0.05, 0) is 18.4 Å². The Morgan fingerprint density at radius 3 is 3.00 bits per heavy atom. The van der Waals surface area contributed by atoms with Gasteiger partial charge in [-0.15, -0.1) is 11.3 Å². The summed E-state index contributed by atoms with van der Waals surface area (Å²) in [6, 6.07) is 4.37. The van der Waals surface area contributed by atoms with Crippen LogP contribution in [0.2, 0.25) is 0 Å². The standard InChI is InChI=1S/C6H10N2S/c1-5(8-7)6-3-2-4-9-6/h2-5,8H,7H2,1H3/t5-/m0/s1. The zero-order valence-electron chi connectivity index (χ0n) is 5.29. The summed E-state index contributed by atoms with van der Waals surface area (Å²) >= 11 is 1.71. The van der Waals surface area contributed by atoms with Crippen LogP contribution in [0.3, 0.4) is 0 Å². The molecule has 0 amide bonds. The van der Waals surface area contributed by atoms with E-state index in [4.69, 9.17) is 5.84 Å². The minimum atomic E-state index is 0.282. The second kappa shape index (κ2) is 2.96. The average molecular weight is 142 g/mol. The highest BCUT2D eigenvalue weighted by atomic mass is 32.1. The van der Waals surface area contributed by atoms with E-state index in [9.17, 15) is 0 Å². The largest absolute Gasteiger partial charge is 0.271 e. The fourth-order valence-corrected chi connectivity index (χ4v) is 1.36. The van der Waals surface area contributed by atoms with Crippen molar-refractivity contribution >= 4 is 11.3 Å². The molecule has 1 atom stereocenters. The summed E-state index contributed by atoms with van der Waals surface area (Å²) in [7, 11) is 0. The molecule has 9 heavy (non-hydrogen) atoms. The van der Waals surface area contributed by atoms with Crippen LogP contribution in [-0.2, 0) is 0 Å². The van der Waals surface area contributed by atoms with Gasteiger partial charge >= 0.3 is 0 Å². The third-order valence-electron chi connectivity index (χ3n) is 1.22. The summed E-state index contributed by atoms with van der Waals surface area (Å²) in [5.74, 6) is 5.22. The first-order valence-electron chi connectivity index (χ1n) is 2.84. The lowest BCUT2D eigenvalue weighted by atomic mass is 10.3. The van der Waals surface area contributed by atoms with Crippen molar-refractivity contribution in [2.45, 2.75) is 13.0 Å². The van der Waals surface area contributed by atoms with Crippen molar-refractivity contribution in [3.63, 3.8) is 0 Å². The average Bonchev–Trinajstić information content (AvgIpc) is 2.37. The Bertz CT molecular complexity index is 160. The Kier molecular flexibility index (Phi) is 2.22. The molecule has 0 unspecified atom stereocenters. The van der Waals surface area contributed by atoms with Crippen LogP contribution in [0.5, 0.6) is 0 Å².